The second-order valence-corrected chi connectivity index (χ2v) is 7.56. The van der Waals surface area contributed by atoms with E-state index in [0.717, 1.165) is 42.5 Å². The number of sulfonamides is 1. The normalized spacial score (nSPS) is 20.1. The summed E-state index contributed by atoms with van der Waals surface area (Å²) >= 11 is 0. The molecule has 1 aliphatic heterocycles. The van der Waals surface area contributed by atoms with Gasteiger partial charge in [-0.25, -0.2) is 8.42 Å². The lowest BCUT2D eigenvalue weighted by molar-refractivity contribution is 0.157. The van der Waals surface area contributed by atoms with E-state index in [4.69, 9.17) is 4.74 Å². The van der Waals surface area contributed by atoms with Gasteiger partial charge in [0.05, 0.1) is 24.7 Å². The third kappa shape index (κ3) is 2.85. The van der Waals surface area contributed by atoms with Crippen LogP contribution < -0.4 is 0 Å². The molecule has 3 rings (SSSR count). The van der Waals surface area contributed by atoms with Gasteiger partial charge in [0.15, 0.2) is 0 Å². The number of ether oxygens (including phenoxy) is 1. The van der Waals surface area contributed by atoms with Crippen molar-refractivity contribution in [2.24, 2.45) is 0 Å². The highest BCUT2D eigenvalue weighted by Gasteiger charge is 2.30. The molecule has 0 unspecified atom stereocenters. The van der Waals surface area contributed by atoms with Crippen LogP contribution in [0.4, 0.5) is 0 Å². The summed E-state index contributed by atoms with van der Waals surface area (Å²) in [5.74, 6) is 0. The molecule has 0 N–H and O–H groups in total. The highest BCUT2D eigenvalue weighted by Crippen LogP contribution is 2.32. The molecule has 0 bridgehead atoms. The number of aryl methyl sites for hydroxylation is 1. The molecule has 0 amide bonds. The SMILES string of the molecule is Cc1ccc(S(=O)(=O)N2CCOCC3=C2CCCC3)cc1. The fraction of sp³-hybridized carbons (Fsp3) is 0.500. The lowest BCUT2D eigenvalue weighted by Crippen LogP contribution is -2.33. The van der Waals surface area contributed by atoms with Crippen molar-refractivity contribution in [1.82, 2.24) is 4.31 Å². The Labute approximate surface area is 126 Å². The summed E-state index contributed by atoms with van der Waals surface area (Å²) in [5.41, 5.74) is 3.19. The van der Waals surface area contributed by atoms with Crippen molar-refractivity contribution in [1.29, 1.82) is 0 Å². The lowest BCUT2D eigenvalue weighted by atomic mass is 9.97. The van der Waals surface area contributed by atoms with Gasteiger partial charge in [0.25, 0.3) is 10.0 Å². The van der Waals surface area contributed by atoms with Gasteiger partial charge in [-0.05, 0) is 50.3 Å². The van der Waals surface area contributed by atoms with Crippen LogP contribution in [0.5, 0.6) is 0 Å². The van der Waals surface area contributed by atoms with Crippen molar-refractivity contribution in [3.8, 4) is 0 Å². The fourth-order valence-corrected chi connectivity index (χ4v) is 4.55. The van der Waals surface area contributed by atoms with E-state index in [-0.39, 0.29) is 0 Å². The molecule has 114 valence electrons. The molecule has 4 nitrogen and oxygen atoms in total. The third-order valence-corrected chi connectivity index (χ3v) is 6.03. The quantitative estimate of drug-likeness (QED) is 0.844. The molecular formula is C16H21NO3S. The van der Waals surface area contributed by atoms with Gasteiger partial charge in [-0.15, -0.1) is 0 Å². The van der Waals surface area contributed by atoms with Gasteiger partial charge in [0, 0.05) is 5.70 Å². The maximum atomic E-state index is 12.9. The molecule has 1 aliphatic carbocycles. The number of allylic oxidation sites excluding steroid dienone is 1. The number of hydrogen-bond donors (Lipinski definition) is 0. The van der Waals surface area contributed by atoms with Crippen molar-refractivity contribution in [3.63, 3.8) is 0 Å². The van der Waals surface area contributed by atoms with Gasteiger partial charge < -0.3 is 4.74 Å². The first-order chi connectivity index (χ1) is 10.1. The Hall–Kier alpha value is -1.33. The number of nitrogens with zero attached hydrogens (tertiary/aromatic N) is 1. The van der Waals surface area contributed by atoms with Gasteiger partial charge in [-0.2, -0.15) is 0 Å². The fourth-order valence-electron chi connectivity index (χ4n) is 2.99. The van der Waals surface area contributed by atoms with Crippen molar-refractivity contribution < 1.29 is 13.2 Å². The second kappa shape index (κ2) is 5.81. The summed E-state index contributed by atoms with van der Waals surface area (Å²) in [5, 5.41) is 0. The average Bonchev–Trinajstić information content (AvgIpc) is 2.70. The van der Waals surface area contributed by atoms with Crippen LogP contribution in [0.2, 0.25) is 0 Å². The minimum atomic E-state index is -3.48. The predicted molar refractivity (Wildman–Crippen MR) is 81.4 cm³/mol. The maximum Gasteiger partial charge on any atom is 0.264 e. The summed E-state index contributed by atoms with van der Waals surface area (Å²) in [6.07, 6.45) is 3.97. The van der Waals surface area contributed by atoms with Gasteiger partial charge >= 0.3 is 0 Å². The van der Waals surface area contributed by atoms with Crippen LogP contribution >= 0.6 is 0 Å². The molecular weight excluding hydrogens is 286 g/mol. The van der Waals surface area contributed by atoms with E-state index in [1.165, 1.54) is 0 Å². The van der Waals surface area contributed by atoms with Crippen molar-refractivity contribution >= 4 is 10.0 Å². The van der Waals surface area contributed by atoms with Gasteiger partial charge in [-0.1, -0.05) is 17.7 Å². The van der Waals surface area contributed by atoms with E-state index in [0.29, 0.717) is 24.7 Å². The lowest BCUT2D eigenvalue weighted by Gasteiger charge is -2.29. The van der Waals surface area contributed by atoms with Crippen LogP contribution in [0, 0.1) is 6.92 Å². The molecule has 0 fully saturated rings. The molecule has 1 aromatic carbocycles. The van der Waals surface area contributed by atoms with Crippen LogP contribution in [0.1, 0.15) is 31.2 Å². The van der Waals surface area contributed by atoms with Gasteiger partial charge in [0.1, 0.15) is 0 Å². The zero-order valence-corrected chi connectivity index (χ0v) is 13.2. The second-order valence-electron chi connectivity index (χ2n) is 5.70. The standard InChI is InChI=1S/C16H21NO3S/c1-13-6-8-15(9-7-13)21(18,19)17-10-11-20-12-14-4-2-3-5-16(14)17/h6-9H,2-5,10-12H2,1H3. The first-order valence-corrected chi connectivity index (χ1v) is 8.91. The first-order valence-electron chi connectivity index (χ1n) is 7.47. The Morgan fingerprint density at radius 2 is 1.81 bits per heavy atom. The summed E-state index contributed by atoms with van der Waals surface area (Å²) < 4.78 is 33.0. The Morgan fingerprint density at radius 1 is 1.10 bits per heavy atom. The largest absolute Gasteiger partial charge is 0.375 e. The summed E-state index contributed by atoms with van der Waals surface area (Å²) in [7, 11) is -3.48. The summed E-state index contributed by atoms with van der Waals surface area (Å²) in [6, 6.07) is 7.08. The molecule has 1 heterocycles. The molecule has 0 saturated heterocycles. The van der Waals surface area contributed by atoms with Crippen molar-refractivity contribution in [2.75, 3.05) is 19.8 Å². The van der Waals surface area contributed by atoms with Crippen LogP contribution in [0.15, 0.2) is 40.4 Å². The Kier molecular flexibility index (Phi) is 4.04. The highest BCUT2D eigenvalue weighted by molar-refractivity contribution is 7.89. The minimum absolute atomic E-state index is 0.368. The van der Waals surface area contributed by atoms with Gasteiger partial charge in [-0.3, -0.25) is 4.31 Å². The zero-order chi connectivity index (χ0) is 14.9. The molecule has 0 saturated carbocycles. The number of hydrogen-bond acceptors (Lipinski definition) is 3. The summed E-state index contributed by atoms with van der Waals surface area (Å²) in [6.45, 7) is 3.40. The average molecular weight is 307 g/mol. The molecule has 0 aromatic heterocycles. The number of rotatable bonds is 2. The molecule has 2 aliphatic rings. The van der Waals surface area contributed by atoms with E-state index in [1.807, 2.05) is 19.1 Å². The van der Waals surface area contributed by atoms with Gasteiger partial charge in [0.2, 0.25) is 0 Å². The maximum absolute atomic E-state index is 12.9. The monoisotopic (exact) mass is 307 g/mol. The zero-order valence-electron chi connectivity index (χ0n) is 12.3. The topological polar surface area (TPSA) is 46.6 Å². The molecule has 21 heavy (non-hydrogen) atoms. The van der Waals surface area contributed by atoms with E-state index in [2.05, 4.69) is 0 Å². The predicted octanol–water partition coefficient (Wildman–Crippen LogP) is 2.84. The molecule has 1 aromatic rings. The van der Waals surface area contributed by atoms with Crippen LogP contribution in [-0.2, 0) is 14.8 Å². The van der Waals surface area contributed by atoms with E-state index in [9.17, 15) is 8.42 Å². The Morgan fingerprint density at radius 3 is 2.57 bits per heavy atom. The van der Waals surface area contributed by atoms with E-state index < -0.39 is 10.0 Å². The Bertz CT molecular complexity index is 647. The molecule has 5 heteroatoms. The van der Waals surface area contributed by atoms with Crippen molar-refractivity contribution in [3.05, 3.63) is 41.1 Å². The smallest absolute Gasteiger partial charge is 0.264 e. The Balaban J connectivity index is 2.01. The van der Waals surface area contributed by atoms with E-state index >= 15 is 0 Å². The van der Waals surface area contributed by atoms with Crippen LogP contribution in [-0.4, -0.2) is 32.5 Å². The van der Waals surface area contributed by atoms with Crippen LogP contribution in [0.25, 0.3) is 0 Å². The molecule has 0 atom stereocenters. The summed E-state index contributed by atoms with van der Waals surface area (Å²) in [4.78, 5) is 0.368. The first kappa shape index (κ1) is 14.6. The molecule has 0 radical (unpaired) electrons. The van der Waals surface area contributed by atoms with Crippen LogP contribution in [0.3, 0.4) is 0 Å². The minimum Gasteiger partial charge on any atom is -0.375 e. The third-order valence-electron chi connectivity index (χ3n) is 4.18. The molecule has 0 spiro atoms. The highest BCUT2D eigenvalue weighted by atomic mass is 32.2. The number of benzene rings is 1. The van der Waals surface area contributed by atoms with Crippen molar-refractivity contribution in [2.45, 2.75) is 37.5 Å². The van der Waals surface area contributed by atoms with E-state index in [1.54, 1.807) is 16.4 Å².